The maximum Gasteiger partial charge on any atom is 0.411 e. The normalized spacial score (nSPS) is 19.6. The molecule has 2 aliphatic rings. The molecule has 0 aromatic heterocycles. The van der Waals surface area contributed by atoms with Gasteiger partial charge in [-0.05, 0) is 56.3 Å². The van der Waals surface area contributed by atoms with Crippen LogP contribution in [0.3, 0.4) is 0 Å². The molecule has 2 atom stereocenters. The number of anilines is 1. The predicted molar refractivity (Wildman–Crippen MR) is 149 cm³/mol. The molecule has 1 N–H and O–H groups in total. The van der Waals surface area contributed by atoms with Gasteiger partial charge in [-0.25, -0.2) is 4.79 Å². The van der Waals surface area contributed by atoms with Gasteiger partial charge in [-0.3, -0.25) is 14.5 Å². The number of carbonyl (C=O) groups is 3. The van der Waals surface area contributed by atoms with Gasteiger partial charge in [0.2, 0.25) is 5.91 Å². The molecule has 8 heteroatoms. The maximum atomic E-state index is 13.9. The highest BCUT2D eigenvalue weighted by Crippen LogP contribution is 2.35. The fraction of sp³-hybridized carbons (Fsp3) is 0.323. The molecule has 3 amide bonds. The highest BCUT2D eigenvalue weighted by Gasteiger charge is 2.48. The van der Waals surface area contributed by atoms with Gasteiger partial charge < -0.3 is 19.9 Å². The third kappa shape index (κ3) is 5.96. The minimum absolute atomic E-state index is 0.108. The Hall–Kier alpha value is -4.17. The molecule has 202 valence electrons. The number of piperazine rings is 1. The number of benzene rings is 3. The van der Waals surface area contributed by atoms with Crippen LogP contribution in [0, 0.1) is 13.8 Å². The van der Waals surface area contributed by atoms with E-state index in [4.69, 9.17) is 4.74 Å². The number of likely N-dealkylation sites (N-methyl/N-ethyl adjacent to an activating group) is 1. The molecule has 8 nitrogen and oxygen atoms in total. The molecule has 2 heterocycles. The number of nitrogens with one attached hydrogen (secondary N) is 1. The monoisotopic (exact) mass is 526 g/mol. The number of nitrogens with zero attached hydrogens (tertiary/aromatic N) is 3. The lowest BCUT2D eigenvalue weighted by Gasteiger charge is -2.36. The molecule has 0 bridgehead atoms. The van der Waals surface area contributed by atoms with E-state index in [9.17, 15) is 14.4 Å². The van der Waals surface area contributed by atoms with Gasteiger partial charge in [-0.2, -0.15) is 0 Å². The summed E-state index contributed by atoms with van der Waals surface area (Å²) in [6.45, 7) is 7.03. The number of ether oxygens (including phenoxy) is 1. The molecule has 2 aliphatic heterocycles. The molecule has 2 fully saturated rings. The number of aryl methyl sites for hydroxylation is 2. The van der Waals surface area contributed by atoms with Crippen LogP contribution in [0.5, 0.6) is 0 Å². The van der Waals surface area contributed by atoms with Crippen LogP contribution in [0.1, 0.15) is 38.7 Å². The van der Waals surface area contributed by atoms with Crippen LogP contribution in [0.15, 0.2) is 72.8 Å². The highest BCUT2D eigenvalue weighted by molar-refractivity contribution is 6.04. The summed E-state index contributed by atoms with van der Waals surface area (Å²) >= 11 is 0. The molecule has 3 aromatic rings. The number of hydrogen-bond acceptors (Lipinski definition) is 5. The van der Waals surface area contributed by atoms with Crippen LogP contribution in [-0.4, -0.2) is 71.9 Å². The van der Waals surface area contributed by atoms with Gasteiger partial charge in [-0.1, -0.05) is 59.7 Å². The molecular formula is C31H34N4O4. The predicted octanol–water partition coefficient (Wildman–Crippen LogP) is 4.39. The van der Waals surface area contributed by atoms with Crippen LogP contribution in [0.2, 0.25) is 0 Å². The summed E-state index contributed by atoms with van der Waals surface area (Å²) in [5.74, 6) is -0.314. The first kappa shape index (κ1) is 26.4. The third-order valence-corrected chi connectivity index (χ3v) is 7.40. The van der Waals surface area contributed by atoms with E-state index in [1.165, 1.54) is 0 Å². The fourth-order valence-corrected chi connectivity index (χ4v) is 5.08. The van der Waals surface area contributed by atoms with Crippen molar-refractivity contribution in [2.24, 2.45) is 0 Å². The zero-order valence-corrected chi connectivity index (χ0v) is 22.6. The molecule has 5 rings (SSSR count). The lowest BCUT2D eigenvalue weighted by atomic mass is 9.99. The van der Waals surface area contributed by atoms with Crippen LogP contribution >= 0.6 is 0 Å². The van der Waals surface area contributed by atoms with Crippen LogP contribution in [0.4, 0.5) is 10.5 Å². The van der Waals surface area contributed by atoms with Crippen molar-refractivity contribution in [1.82, 2.24) is 14.7 Å². The summed E-state index contributed by atoms with van der Waals surface area (Å²) in [5, 5.41) is 2.90. The summed E-state index contributed by atoms with van der Waals surface area (Å²) < 4.78 is 5.85. The van der Waals surface area contributed by atoms with Crippen molar-refractivity contribution >= 4 is 23.6 Å². The van der Waals surface area contributed by atoms with E-state index in [-0.39, 0.29) is 18.4 Å². The molecule has 0 aliphatic carbocycles. The minimum atomic E-state index is -0.783. The summed E-state index contributed by atoms with van der Waals surface area (Å²) in [5.41, 5.74) is 5.00. The number of amides is 3. The molecular weight excluding hydrogens is 492 g/mol. The van der Waals surface area contributed by atoms with Gasteiger partial charge in [-0.15, -0.1) is 0 Å². The Morgan fingerprint density at radius 2 is 1.59 bits per heavy atom. The van der Waals surface area contributed by atoms with E-state index in [2.05, 4.69) is 10.2 Å². The molecule has 39 heavy (non-hydrogen) atoms. The van der Waals surface area contributed by atoms with E-state index in [1.54, 1.807) is 29.2 Å². The first-order valence-electron chi connectivity index (χ1n) is 13.3. The van der Waals surface area contributed by atoms with Gasteiger partial charge in [0.25, 0.3) is 5.91 Å². The van der Waals surface area contributed by atoms with E-state index in [0.717, 1.165) is 29.8 Å². The lowest BCUT2D eigenvalue weighted by molar-refractivity contribution is -0.138. The summed E-state index contributed by atoms with van der Waals surface area (Å²) in [7, 11) is 2.04. The smallest absolute Gasteiger partial charge is 0.411 e. The van der Waals surface area contributed by atoms with Crippen LogP contribution < -0.4 is 5.32 Å². The van der Waals surface area contributed by atoms with Crippen molar-refractivity contribution in [2.75, 3.05) is 38.5 Å². The largest absolute Gasteiger partial charge is 0.438 e. The van der Waals surface area contributed by atoms with Crippen molar-refractivity contribution < 1.29 is 19.1 Å². The lowest BCUT2D eigenvalue weighted by Crippen LogP contribution is -2.54. The summed E-state index contributed by atoms with van der Waals surface area (Å²) in [4.78, 5) is 45.2. The van der Waals surface area contributed by atoms with Gasteiger partial charge in [0.05, 0.1) is 6.54 Å². The first-order valence-corrected chi connectivity index (χ1v) is 13.3. The fourth-order valence-electron chi connectivity index (χ4n) is 5.08. The zero-order chi connectivity index (χ0) is 27.5. The Labute approximate surface area is 229 Å². The quantitative estimate of drug-likeness (QED) is 0.515. The second-order valence-corrected chi connectivity index (χ2v) is 10.4. The summed E-state index contributed by atoms with van der Waals surface area (Å²) in [6, 6.07) is 21.7. The molecule has 0 spiro atoms. The Bertz CT molecular complexity index is 1350. The molecule has 2 unspecified atom stereocenters. The Morgan fingerprint density at radius 3 is 2.26 bits per heavy atom. The SMILES string of the molecule is Cc1ccc(C(=O)Nc2ccc(C3OC(=O)N(Cc4cccc(C)c4)C3C(=O)N3CCN(C)CC3)cc2)cc1. The first-order chi connectivity index (χ1) is 18.8. The van der Waals surface area contributed by atoms with Crippen molar-refractivity contribution in [3.63, 3.8) is 0 Å². The second kappa shape index (κ2) is 11.3. The van der Waals surface area contributed by atoms with Gasteiger partial charge in [0.1, 0.15) is 0 Å². The number of carbonyl (C=O) groups excluding carboxylic acids is 3. The van der Waals surface area contributed by atoms with Crippen LogP contribution in [-0.2, 0) is 16.1 Å². The van der Waals surface area contributed by atoms with Gasteiger partial charge in [0.15, 0.2) is 12.1 Å². The van der Waals surface area contributed by atoms with E-state index < -0.39 is 18.2 Å². The van der Waals surface area contributed by atoms with E-state index in [0.29, 0.717) is 29.9 Å². The van der Waals surface area contributed by atoms with Gasteiger partial charge in [0, 0.05) is 37.4 Å². The molecule has 2 saturated heterocycles. The minimum Gasteiger partial charge on any atom is -0.438 e. The van der Waals surface area contributed by atoms with Crippen molar-refractivity contribution in [1.29, 1.82) is 0 Å². The number of cyclic esters (lactones) is 1. The molecule has 3 aromatic carbocycles. The zero-order valence-electron chi connectivity index (χ0n) is 22.6. The Balaban J connectivity index is 1.38. The van der Waals surface area contributed by atoms with Crippen molar-refractivity contribution in [3.8, 4) is 0 Å². The second-order valence-electron chi connectivity index (χ2n) is 10.4. The Morgan fingerprint density at radius 1 is 0.897 bits per heavy atom. The third-order valence-electron chi connectivity index (χ3n) is 7.40. The Kier molecular flexibility index (Phi) is 7.65. The summed E-state index contributed by atoms with van der Waals surface area (Å²) in [6.07, 6.45) is -1.26. The number of rotatable bonds is 6. The van der Waals surface area contributed by atoms with Gasteiger partial charge >= 0.3 is 6.09 Å². The van der Waals surface area contributed by atoms with E-state index >= 15 is 0 Å². The average Bonchev–Trinajstić information content (AvgIpc) is 3.25. The van der Waals surface area contributed by atoms with Crippen molar-refractivity contribution in [3.05, 3.63) is 101 Å². The maximum absolute atomic E-state index is 13.9. The van der Waals surface area contributed by atoms with E-state index in [1.807, 2.05) is 74.3 Å². The molecule has 0 saturated carbocycles. The topological polar surface area (TPSA) is 82.2 Å². The number of hydrogen-bond donors (Lipinski definition) is 1. The standard InChI is InChI=1S/C31H34N4O4/c1-21-7-9-25(10-8-21)29(36)32-26-13-11-24(12-14-26)28-27(30(37)34-17-15-33(3)16-18-34)35(31(38)39-28)20-23-6-4-5-22(2)19-23/h4-14,19,27-28H,15-18,20H2,1-3H3,(H,32,36). The molecule has 0 radical (unpaired) electrons. The average molecular weight is 527 g/mol. The highest BCUT2D eigenvalue weighted by atomic mass is 16.6. The van der Waals surface area contributed by atoms with Crippen LogP contribution in [0.25, 0.3) is 0 Å². The van der Waals surface area contributed by atoms with Crippen molar-refractivity contribution in [2.45, 2.75) is 32.5 Å².